The molecule has 8 nitrogen and oxygen atoms in total. The van der Waals surface area contributed by atoms with Crippen LogP contribution in [0.3, 0.4) is 0 Å². The highest BCUT2D eigenvalue weighted by molar-refractivity contribution is 7.91. The molecule has 0 saturated heterocycles. The Hall–Kier alpha value is -2.42. The van der Waals surface area contributed by atoms with Crippen molar-refractivity contribution in [3.05, 3.63) is 29.8 Å². The van der Waals surface area contributed by atoms with E-state index in [1.54, 1.807) is 12.1 Å². The fraction of sp³-hybridized carbons (Fsp3) is 0.438. The Bertz CT molecular complexity index is 713. The summed E-state index contributed by atoms with van der Waals surface area (Å²) in [5.41, 5.74) is 0.923. The van der Waals surface area contributed by atoms with Crippen molar-refractivity contribution >= 4 is 27.7 Å². The average Bonchev–Trinajstić information content (AvgIpc) is 2.56. The molecule has 0 aliphatic rings. The van der Waals surface area contributed by atoms with E-state index in [0.717, 1.165) is 5.56 Å². The Kier molecular flexibility index (Phi) is 8.06. The molecule has 1 aromatic rings. The second-order valence-electron chi connectivity index (χ2n) is 5.35. The van der Waals surface area contributed by atoms with Gasteiger partial charge in [-0.25, -0.2) is 13.2 Å². The average molecular weight is 370 g/mol. The van der Waals surface area contributed by atoms with Crippen LogP contribution >= 0.6 is 0 Å². The number of aryl methyl sites for hydroxylation is 1. The van der Waals surface area contributed by atoms with Gasteiger partial charge in [-0.1, -0.05) is 24.6 Å². The minimum Gasteiger partial charge on any atom is -0.456 e. The highest BCUT2D eigenvalue weighted by Gasteiger charge is 2.18. The van der Waals surface area contributed by atoms with E-state index >= 15 is 0 Å². The molecule has 0 aromatic heterocycles. The maximum absolute atomic E-state index is 12.1. The summed E-state index contributed by atoms with van der Waals surface area (Å²) in [5.74, 6) is -2.05. The van der Waals surface area contributed by atoms with Crippen LogP contribution in [0.15, 0.2) is 29.2 Å². The molecule has 0 fully saturated rings. The van der Waals surface area contributed by atoms with E-state index in [-0.39, 0.29) is 11.3 Å². The summed E-state index contributed by atoms with van der Waals surface area (Å²) in [6.07, 6.45) is 0.331. The van der Waals surface area contributed by atoms with Gasteiger partial charge in [0.1, 0.15) is 0 Å². The fourth-order valence-corrected chi connectivity index (χ4v) is 2.97. The topological polar surface area (TPSA) is 119 Å². The first-order valence-corrected chi connectivity index (χ1v) is 9.42. The summed E-state index contributed by atoms with van der Waals surface area (Å²) >= 11 is 0. The third-order valence-corrected chi connectivity index (χ3v) is 4.84. The van der Waals surface area contributed by atoms with Crippen molar-refractivity contribution in [3.63, 3.8) is 0 Å². The maximum Gasteiger partial charge on any atom is 0.321 e. The number of ether oxygens (including phenoxy) is 1. The van der Waals surface area contributed by atoms with Crippen LogP contribution in [0.1, 0.15) is 25.3 Å². The molecule has 0 unspecified atom stereocenters. The summed E-state index contributed by atoms with van der Waals surface area (Å²) in [7, 11) is -3.61. The van der Waals surface area contributed by atoms with E-state index in [0.29, 0.717) is 13.0 Å². The van der Waals surface area contributed by atoms with Crippen LogP contribution in [-0.4, -0.2) is 45.2 Å². The third kappa shape index (κ3) is 7.79. The lowest BCUT2D eigenvalue weighted by atomic mass is 10.2. The highest BCUT2D eigenvalue weighted by Crippen LogP contribution is 2.13. The van der Waals surface area contributed by atoms with Gasteiger partial charge in [0.15, 0.2) is 16.4 Å². The Morgan fingerprint density at radius 1 is 1.12 bits per heavy atom. The quantitative estimate of drug-likeness (QED) is 0.657. The van der Waals surface area contributed by atoms with Crippen molar-refractivity contribution < 1.29 is 27.5 Å². The van der Waals surface area contributed by atoms with Gasteiger partial charge in [0.05, 0.1) is 17.1 Å². The predicted octanol–water partition coefficient (Wildman–Crippen LogP) is 0.938. The van der Waals surface area contributed by atoms with E-state index < -0.39 is 40.1 Å². The number of nitrogens with one attached hydrogen (secondary N) is 2. The summed E-state index contributed by atoms with van der Waals surface area (Å²) in [5, 5.41) is 4.42. The minimum atomic E-state index is -3.61. The molecule has 2 N–H and O–H groups in total. The Labute approximate surface area is 146 Å². The summed E-state index contributed by atoms with van der Waals surface area (Å²) < 4.78 is 28.8. The largest absolute Gasteiger partial charge is 0.456 e. The van der Waals surface area contributed by atoms with Crippen molar-refractivity contribution in [1.82, 2.24) is 10.6 Å². The zero-order valence-corrected chi connectivity index (χ0v) is 15.0. The number of carbonyl (C=O) groups is 3. The second-order valence-corrected chi connectivity index (χ2v) is 7.46. The molecule has 0 heterocycles. The molecule has 0 spiro atoms. The predicted molar refractivity (Wildman–Crippen MR) is 90.6 cm³/mol. The van der Waals surface area contributed by atoms with Crippen molar-refractivity contribution in [2.45, 2.75) is 31.6 Å². The van der Waals surface area contributed by atoms with Crippen LogP contribution in [-0.2, 0) is 24.2 Å². The number of hydrogen-bond acceptors (Lipinski definition) is 6. The van der Waals surface area contributed by atoms with Crippen molar-refractivity contribution in [2.75, 3.05) is 18.9 Å². The van der Waals surface area contributed by atoms with Crippen molar-refractivity contribution in [2.24, 2.45) is 0 Å². The summed E-state index contributed by atoms with van der Waals surface area (Å²) in [6.45, 7) is 3.45. The van der Waals surface area contributed by atoms with E-state index in [9.17, 15) is 22.8 Å². The number of benzene rings is 1. The van der Waals surface area contributed by atoms with Gasteiger partial charge >= 0.3 is 12.0 Å². The van der Waals surface area contributed by atoms with Gasteiger partial charge < -0.3 is 10.1 Å². The molecule has 0 saturated carbocycles. The number of imide groups is 1. The first kappa shape index (κ1) is 20.6. The first-order chi connectivity index (χ1) is 11.7. The highest BCUT2D eigenvalue weighted by atomic mass is 32.2. The van der Waals surface area contributed by atoms with E-state index in [4.69, 9.17) is 0 Å². The SMILES string of the molecule is CCCNC(=O)NC(=O)COC(=O)CCS(=O)(=O)c1ccc(C)cc1. The van der Waals surface area contributed by atoms with Gasteiger partial charge in [-0.2, -0.15) is 0 Å². The van der Waals surface area contributed by atoms with Gasteiger partial charge in [-0.15, -0.1) is 0 Å². The fourth-order valence-electron chi connectivity index (χ4n) is 1.74. The van der Waals surface area contributed by atoms with Gasteiger partial charge in [-0.05, 0) is 25.5 Å². The third-order valence-electron chi connectivity index (χ3n) is 3.11. The Balaban J connectivity index is 2.38. The lowest BCUT2D eigenvalue weighted by molar-refractivity contribution is -0.147. The minimum absolute atomic E-state index is 0.122. The molecule has 25 heavy (non-hydrogen) atoms. The van der Waals surface area contributed by atoms with Crippen LogP contribution in [0.2, 0.25) is 0 Å². The van der Waals surface area contributed by atoms with Gasteiger partial charge in [0.25, 0.3) is 5.91 Å². The van der Waals surface area contributed by atoms with Crippen LogP contribution in [0.25, 0.3) is 0 Å². The first-order valence-electron chi connectivity index (χ1n) is 7.77. The molecule has 0 radical (unpaired) electrons. The van der Waals surface area contributed by atoms with E-state index in [1.165, 1.54) is 12.1 Å². The number of esters is 1. The number of amides is 3. The molecule has 1 rings (SSSR count). The number of carbonyl (C=O) groups excluding carboxylic acids is 3. The molecular formula is C16H22N2O6S. The normalized spacial score (nSPS) is 10.8. The smallest absolute Gasteiger partial charge is 0.321 e. The number of sulfone groups is 1. The van der Waals surface area contributed by atoms with Crippen LogP contribution in [0.5, 0.6) is 0 Å². The van der Waals surface area contributed by atoms with Crippen molar-refractivity contribution in [1.29, 1.82) is 0 Å². The van der Waals surface area contributed by atoms with Crippen LogP contribution in [0, 0.1) is 6.92 Å². The lowest BCUT2D eigenvalue weighted by Crippen LogP contribution is -2.41. The van der Waals surface area contributed by atoms with Gasteiger partial charge in [-0.3, -0.25) is 14.9 Å². The monoisotopic (exact) mass is 370 g/mol. The number of urea groups is 1. The zero-order valence-electron chi connectivity index (χ0n) is 14.2. The Morgan fingerprint density at radius 2 is 1.76 bits per heavy atom. The lowest BCUT2D eigenvalue weighted by Gasteiger charge is -2.07. The van der Waals surface area contributed by atoms with E-state index in [2.05, 4.69) is 10.1 Å². The molecule has 0 aliphatic carbocycles. The van der Waals surface area contributed by atoms with Gasteiger partial charge in [0.2, 0.25) is 0 Å². The zero-order chi connectivity index (χ0) is 18.9. The maximum atomic E-state index is 12.1. The van der Waals surface area contributed by atoms with E-state index in [1.807, 2.05) is 19.2 Å². The Morgan fingerprint density at radius 3 is 2.36 bits per heavy atom. The molecule has 9 heteroatoms. The number of rotatable bonds is 8. The molecule has 138 valence electrons. The standard InChI is InChI=1S/C16H22N2O6S/c1-3-9-17-16(21)18-14(19)11-24-15(20)8-10-25(22,23)13-6-4-12(2)5-7-13/h4-7H,3,8-11H2,1-2H3,(H2,17,18,19,21). The molecule has 0 aliphatic heterocycles. The summed E-state index contributed by atoms with van der Waals surface area (Å²) in [4.78, 5) is 34.3. The molecule has 0 bridgehead atoms. The van der Waals surface area contributed by atoms with Crippen LogP contribution < -0.4 is 10.6 Å². The summed E-state index contributed by atoms with van der Waals surface area (Å²) in [6, 6.07) is 5.60. The van der Waals surface area contributed by atoms with Crippen molar-refractivity contribution in [3.8, 4) is 0 Å². The molecule has 1 aromatic carbocycles. The number of hydrogen-bond donors (Lipinski definition) is 2. The van der Waals surface area contributed by atoms with Gasteiger partial charge in [0, 0.05) is 6.54 Å². The molecule has 0 atom stereocenters. The molecule has 3 amide bonds. The molecular weight excluding hydrogens is 348 g/mol. The van der Waals surface area contributed by atoms with Crippen LogP contribution in [0.4, 0.5) is 4.79 Å². The second kappa shape index (κ2) is 9.77.